The van der Waals surface area contributed by atoms with Crippen LogP contribution < -0.4 is 0 Å². The van der Waals surface area contributed by atoms with Crippen LogP contribution in [0.4, 0.5) is 0 Å². The number of nitrogens with one attached hydrogen (secondary N) is 1. The van der Waals surface area contributed by atoms with Crippen LogP contribution in [0, 0.1) is 0 Å². The number of fused-ring (bicyclic) bond motifs is 1. The fourth-order valence-corrected chi connectivity index (χ4v) is 3.89. The highest BCUT2D eigenvalue weighted by Gasteiger charge is 2.46. The molecule has 1 aliphatic heterocycles. The lowest BCUT2D eigenvalue weighted by atomic mass is 9.95. The third kappa shape index (κ3) is 3.16. The van der Waals surface area contributed by atoms with Crippen LogP contribution in [0.3, 0.4) is 0 Å². The Morgan fingerprint density at radius 3 is 2.69 bits per heavy atom. The van der Waals surface area contributed by atoms with E-state index in [-0.39, 0.29) is 17.1 Å². The van der Waals surface area contributed by atoms with E-state index in [2.05, 4.69) is 4.98 Å². The van der Waals surface area contributed by atoms with Gasteiger partial charge in [0.15, 0.2) is 0 Å². The average Bonchev–Trinajstić information content (AvgIpc) is 3.26. The number of hydrogen-bond acceptors (Lipinski definition) is 4. The fourth-order valence-electron chi connectivity index (χ4n) is 3.89. The summed E-state index contributed by atoms with van der Waals surface area (Å²) in [6.07, 6.45) is 3.23. The molecule has 6 heteroatoms. The van der Waals surface area contributed by atoms with Gasteiger partial charge in [0.2, 0.25) is 0 Å². The summed E-state index contributed by atoms with van der Waals surface area (Å²) in [5.41, 5.74) is 1.92. The summed E-state index contributed by atoms with van der Waals surface area (Å²) in [5.74, 6) is -1.52. The standard InChI is InChI=1S/C23H22N2O4/c1-2-3-11-25-20(14-7-6-8-15(26)12-14)19(22(28)23(25)29)21(27)17-13-24-18-10-5-4-9-16(17)18/h4-10,12-13,20,24,26-27H,2-3,11H2,1H3/b21-19-. The van der Waals surface area contributed by atoms with Crippen LogP contribution in [-0.2, 0) is 9.59 Å². The van der Waals surface area contributed by atoms with Gasteiger partial charge in [-0.05, 0) is 30.2 Å². The number of carbonyl (C=O) groups is 2. The molecule has 4 rings (SSSR count). The Morgan fingerprint density at radius 1 is 1.14 bits per heavy atom. The SMILES string of the molecule is CCCCN1C(=O)C(=O)/C(=C(\O)c2c[nH]c3ccccc23)C1c1cccc(O)c1. The molecule has 0 spiro atoms. The number of nitrogens with zero attached hydrogens (tertiary/aromatic N) is 1. The number of ketones is 1. The van der Waals surface area contributed by atoms with Gasteiger partial charge in [-0.2, -0.15) is 0 Å². The maximum atomic E-state index is 12.9. The first kappa shape index (κ1) is 18.8. The van der Waals surface area contributed by atoms with E-state index in [9.17, 15) is 19.8 Å². The van der Waals surface area contributed by atoms with E-state index in [1.807, 2.05) is 31.2 Å². The summed E-state index contributed by atoms with van der Waals surface area (Å²) in [5, 5.41) is 21.8. The molecule has 1 saturated heterocycles. The highest BCUT2D eigenvalue weighted by molar-refractivity contribution is 6.46. The van der Waals surface area contributed by atoms with Crippen LogP contribution in [0.1, 0.15) is 36.9 Å². The molecule has 3 N–H and O–H groups in total. The first-order valence-corrected chi connectivity index (χ1v) is 9.66. The molecule has 1 amide bonds. The van der Waals surface area contributed by atoms with Crippen molar-refractivity contribution in [3.8, 4) is 5.75 Å². The largest absolute Gasteiger partial charge is 0.508 e. The number of unbranched alkanes of at least 4 members (excludes halogenated alkanes) is 1. The quantitative estimate of drug-likeness (QED) is 0.347. The van der Waals surface area contributed by atoms with Crippen molar-refractivity contribution in [2.45, 2.75) is 25.8 Å². The van der Waals surface area contributed by atoms with Gasteiger partial charge in [-0.3, -0.25) is 9.59 Å². The summed E-state index contributed by atoms with van der Waals surface area (Å²) in [7, 11) is 0. The molecule has 0 radical (unpaired) electrons. The van der Waals surface area contributed by atoms with Crippen molar-refractivity contribution in [1.82, 2.24) is 9.88 Å². The molecule has 29 heavy (non-hydrogen) atoms. The number of aromatic hydroxyl groups is 1. The minimum atomic E-state index is -0.748. The van der Waals surface area contributed by atoms with E-state index in [1.165, 1.54) is 17.0 Å². The highest BCUT2D eigenvalue weighted by atomic mass is 16.3. The summed E-state index contributed by atoms with van der Waals surface area (Å²) in [4.78, 5) is 30.3. The van der Waals surface area contributed by atoms with Crippen LogP contribution in [0.25, 0.3) is 16.7 Å². The molecule has 3 aromatic rings. The van der Waals surface area contributed by atoms with Crippen LogP contribution in [0.2, 0.25) is 0 Å². The molecule has 0 bridgehead atoms. The van der Waals surface area contributed by atoms with Crippen molar-refractivity contribution in [2.75, 3.05) is 6.54 Å². The Morgan fingerprint density at radius 2 is 1.93 bits per heavy atom. The number of aliphatic hydroxyl groups is 1. The number of carbonyl (C=O) groups excluding carboxylic acids is 2. The second kappa shape index (κ2) is 7.47. The molecular formula is C23H22N2O4. The molecule has 1 fully saturated rings. The molecule has 148 valence electrons. The van der Waals surface area contributed by atoms with E-state index in [0.717, 1.165) is 23.7 Å². The van der Waals surface area contributed by atoms with Gasteiger partial charge >= 0.3 is 0 Å². The second-order valence-corrected chi connectivity index (χ2v) is 7.19. The summed E-state index contributed by atoms with van der Waals surface area (Å²) >= 11 is 0. The average molecular weight is 390 g/mol. The molecule has 1 unspecified atom stereocenters. The predicted molar refractivity (Wildman–Crippen MR) is 110 cm³/mol. The number of likely N-dealkylation sites (tertiary alicyclic amines) is 1. The number of hydrogen-bond donors (Lipinski definition) is 3. The van der Waals surface area contributed by atoms with Crippen LogP contribution >= 0.6 is 0 Å². The fraction of sp³-hybridized carbons (Fsp3) is 0.217. The maximum absolute atomic E-state index is 12.9. The van der Waals surface area contributed by atoms with Crippen LogP contribution in [0.5, 0.6) is 5.75 Å². The first-order valence-electron chi connectivity index (χ1n) is 9.66. The molecule has 2 aromatic carbocycles. The van der Waals surface area contributed by atoms with Gasteiger partial charge < -0.3 is 20.1 Å². The van der Waals surface area contributed by atoms with Crippen molar-refractivity contribution in [2.24, 2.45) is 0 Å². The molecule has 0 aliphatic carbocycles. The number of para-hydroxylation sites is 1. The van der Waals surface area contributed by atoms with E-state index in [1.54, 1.807) is 18.3 Å². The monoisotopic (exact) mass is 390 g/mol. The van der Waals surface area contributed by atoms with Crippen LogP contribution in [-0.4, -0.2) is 38.3 Å². The lowest BCUT2D eigenvalue weighted by molar-refractivity contribution is -0.139. The number of benzene rings is 2. The van der Waals surface area contributed by atoms with E-state index >= 15 is 0 Å². The van der Waals surface area contributed by atoms with Crippen molar-refractivity contribution < 1.29 is 19.8 Å². The van der Waals surface area contributed by atoms with E-state index in [0.29, 0.717) is 17.7 Å². The number of Topliss-reactive ketones (excluding diaryl/α,β-unsaturated/α-hetero) is 1. The number of amides is 1. The predicted octanol–water partition coefficient (Wildman–Crippen LogP) is 4.10. The summed E-state index contributed by atoms with van der Waals surface area (Å²) < 4.78 is 0. The molecule has 6 nitrogen and oxygen atoms in total. The Bertz CT molecular complexity index is 1130. The van der Waals surface area contributed by atoms with E-state index in [4.69, 9.17) is 0 Å². The lowest BCUT2D eigenvalue weighted by Crippen LogP contribution is -2.30. The van der Waals surface area contributed by atoms with Gasteiger partial charge in [-0.1, -0.05) is 43.7 Å². The topological polar surface area (TPSA) is 93.6 Å². The summed E-state index contributed by atoms with van der Waals surface area (Å²) in [6, 6.07) is 13.2. The second-order valence-electron chi connectivity index (χ2n) is 7.19. The van der Waals surface area contributed by atoms with Crippen molar-refractivity contribution >= 4 is 28.4 Å². The number of rotatable bonds is 5. The summed E-state index contributed by atoms with van der Waals surface area (Å²) in [6.45, 7) is 2.40. The maximum Gasteiger partial charge on any atom is 0.295 e. The Labute approximate surface area is 168 Å². The minimum absolute atomic E-state index is 0.0377. The van der Waals surface area contributed by atoms with Crippen molar-refractivity contribution in [1.29, 1.82) is 0 Å². The molecular weight excluding hydrogens is 368 g/mol. The van der Waals surface area contributed by atoms with Gasteiger partial charge in [-0.15, -0.1) is 0 Å². The van der Waals surface area contributed by atoms with Gasteiger partial charge in [0.05, 0.1) is 11.6 Å². The van der Waals surface area contributed by atoms with Gasteiger partial charge in [0, 0.05) is 29.2 Å². The van der Waals surface area contributed by atoms with Gasteiger partial charge in [0.25, 0.3) is 11.7 Å². The molecule has 1 aromatic heterocycles. The lowest BCUT2D eigenvalue weighted by Gasteiger charge is -2.25. The Hall–Kier alpha value is -3.54. The molecule has 2 heterocycles. The van der Waals surface area contributed by atoms with Crippen molar-refractivity contribution in [3.05, 3.63) is 71.4 Å². The Balaban J connectivity index is 1.92. The number of phenolic OH excluding ortho intramolecular Hbond substituents is 1. The minimum Gasteiger partial charge on any atom is -0.508 e. The molecule has 1 aliphatic rings. The third-order valence-electron chi connectivity index (χ3n) is 5.32. The highest BCUT2D eigenvalue weighted by Crippen LogP contribution is 2.41. The zero-order valence-corrected chi connectivity index (χ0v) is 16.1. The van der Waals surface area contributed by atoms with Gasteiger partial charge in [-0.25, -0.2) is 0 Å². The number of H-pyrrole nitrogens is 1. The number of aromatic amines is 1. The van der Waals surface area contributed by atoms with E-state index < -0.39 is 17.7 Å². The molecule has 0 saturated carbocycles. The normalized spacial score (nSPS) is 18.7. The van der Waals surface area contributed by atoms with Crippen molar-refractivity contribution in [3.63, 3.8) is 0 Å². The number of phenols is 1. The number of aliphatic hydroxyl groups excluding tert-OH is 1. The van der Waals surface area contributed by atoms with Gasteiger partial charge in [0.1, 0.15) is 11.5 Å². The number of aromatic nitrogens is 1. The zero-order chi connectivity index (χ0) is 20.5. The Kier molecular flexibility index (Phi) is 4.84. The van der Waals surface area contributed by atoms with Crippen LogP contribution in [0.15, 0.2) is 60.3 Å². The first-order chi connectivity index (χ1) is 14.0. The molecule has 1 atom stereocenters. The zero-order valence-electron chi connectivity index (χ0n) is 16.1. The smallest absolute Gasteiger partial charge is 0.295 e. The third-order valence-corrected chi connectivity index (χ3v) is 5.32.